The lowest BCUT2D eigenvalue weighted by Crippen LogP contribution is -2.30. The van der Waals surface area contributed by atoms with E-state index >= 15 is 0 Å². The predicted molar refractivity (Wildman–Crippen MR) is 105 cm³/mol. The molecule has 144 valence electrons. The lowest BCUT2D eigenvalue weighted by Gasteiger charge is -2.14. The SMILES string of the molecule is COc1ccc(NC(=O)Cn2c(Nc3cccc(F)c3)nc(C)cc2=O)cc1. The van der Waals surface area contributed by atoms with Crippen molar-refractivity contribution in [2.24, 2.45) is 0 Å². The Labute approximate surface area is 160 Å². The van der Waals surface area contributed by atoms with Crippen LogP contribution in [0.4, 0.5) is 21.7 Å². The topological polar surface area (TPSA) is 85.2 Å². The lowest BCUT2D eigenvalue weighted by atomic mass is 10.3. The van der Waals surface area contributed by atoms with Crippen LogP contribution >= 0.6 is 0 Å². The Balaban J connectivity index is 1.82. The highest BCUT2D eigenvalue weighted by molar-refractivity contribution is 5.90. The molecule has 1 amide bonds. The molecule has 0 saturated carbocycles. The van der Waals surface area contributed by atoms with E-state index < -0.39 is 17.3 Å². The molecule has 3 rings (SSSR count). The molecule has 0 atom stereocenters. The van der Waals surface area contributed by atoms with Gasteiger partial charge in [0, 0.05) is 23.1 Å². The van der Waals surface area contributed by atoms with Gasteiger partial charge in [-0.2, -0.15) is 0 Å². The third kappa shape index (κ3) is 4.73. The minimum absolute atomic E-state index is 0.153. The number of nitrogens with one attached hydrogen (secondary N) is 2. The van der Waals surface area contributed by atoms with Crippen LogP contribution in [0.2, 0.25) is 0 Å². The number of rotatable bonds is 6. The van der Waals surface area contributed by atoms with Gasteiger partial charge in [0.2, 0.25) is 11.9 Å². The first kappa shape index (κ1) is 19.1. The van der Waals surface area contributed by atoms with E-state index in [0.717, 1.165) is 0 Å². The number of aromatic nitrogens is 2. The third-order valence-electron chi connectivity index (χ3n) is 3.89. The summed E-state index contributed by atoms with van der Waals surface area (Å²) < 4.78 is 19.7. The highest BCUT2D eigenvalue weighted by Crippen LogP contribution is 2.17. The summed E-state index contributed by atoms with van der Waals surface area (Å²) in [6, 6.07) is 13.9. The number of carbonyl (C=O) groups is 1. The van der Waals surface area contributed by atoms with Crippen molar-refractivity contribution in [1.29, 1.82) is 0 Å². The summed E-state index contributed by atoms with van der Waals surface area (Å²) in [4.78, 5) is 29.1. The Kier molecular flexibility index (Phi) is 5.69. The molecule has 2 aromatic carbocycles. The van der Waals surface area contributed by atoms with Crippen LogP contribution in [0.25, 0.3) is 0 Å². The number of nitrogens with zero attached hydrogens (tertiary/aromatic N) is 2. The van der Waals surface area contributed by atoms with Crippen LogP contribution in [0.5, 0.6) is 5.75 Å². The first-order valence-electron chi connectivity index (χ1n) is 8.49. The van der Waals surface area contributed by atoms with Crippen LogP contribution in [-0.4, -0.2) is 22.6 Å². The van der Waals surface area contributed by atoms with Crippen LogP contribution in [0, 0.1) is 12.7 Å². The number of methoxy groups -OCH3 is 1. The molecule has 0 spiro atoms. The average molecular weight is 382 g/mol. The highest BCUT2D eigenvalue weighted by atomic mass is 19.1. The molecule has 0 radical (unpaired) electrons. The molecule has 28 heavy (non-hydrogen) atoms. The smallest absolute Gasteiger partial charge is 0.255 e. The van der Waals surface area contributed by atoms with Crippen LogP contribution in [-0.2, 0) is 11.3 Å². The van der Waals surface area contributed by atoms with E-state index in [0.29, 0.717) is 22.8 Å². The summed E-state index contributed by atoms with van der Waals surface area (Å²) in [6.07, 6.45) is 0. The fraction of sp³-hybridized carbons (Fsp3) is 0.150. The van der Waals surface area contributed by atoms with E-state index in [1.807, 2.05) is 0 Å². The molecule has 0 aliphatic carbocycles. The Morgan fingerprint density at radius 1 is 1.14 bits per heavy atom. The minimum Gasteiger partial charge on any atom is -0.497 e. The normalized spacial score (nSPS) is 10.4. The maximum absolute atomic E-state index is 13.4. The number of anilines is 3. The lowest BCUT2D eigenvalue weighted by molar-refractivity contribution is -0.116. The molecule has 1 aromatic heterocycles. The monoisotopic (exact) mass is 382 g/mol. The highest BCUT2D eigenvalue weighted by Gasteiger charge is 2.12. The molecule has 0 unspecified atom stereocenters. The molecular weight excluding hydrogens is 363 g/mol. The summed E-state index contributed by atoms with van der Waals surface area (Å²) in [5.74, 6) is -0.0111. The quantitative estimate of drug-likeness (QED) is 0.684. The predicted octanol–water partition coefficient (Wildman–Crippen LogP) is 3.08. The van der Waals surface area contributed by atoms with Crippen molar-refractivity contribution in [3.63, 3.8) is 0 Å². The van der Waals surface area contributed by atoms with Gasteiger partial charge < -0.3 is 15.4 Å². The van der Waals surface area contributed by atoms with Gasteiger partial charge in [0.1, 0.15) is 18.1 Å². The number of hydrogen-bond acceptors (Lipinski definition) is 5. The number of hydrogen-bond donors (Lipinski definition) is 2. The Hall–Kier alpha value is -3.68. The van der Waals surface area contributed by atoms with Crippen LogP contribution in [0.3, 0.4) is 0 Å². The van der Waals surface area contributed by atoms with Crippen molar-refractivity contribution < 1.29 is 13.9 Å². The van der Waals surface area contributed by atoms with Crippen molar-refractivity contribution in [2.75, 3.05) is 17.7 Å². The summed E-state index contributed by atoms with van der Waals surface area (Å²) >= 11 is 0. The van der Waals surface area contributed by atoms with Gasteiger partial charge in [-0.15, -0.1) is 0 Å². The minimum atomic E-state index is -0.427. The zero-order valence-corrected chi connectivity index (χ0v) is 15.4. The van der Waals surface area contributed by atoms with E-state index in [2.05, 4.69) is 15.6 Å². The van der Waals surface area contributed by atoms with Crippen molar-refractivity contribution in [2.45, 2.75) is 13.5 Å². The second-order valence-electron chi connectivity index (χ2n) is 6.06. The molecule has 0 saturated heterocycles. The fourth-order valence-electron chi connectivity index (χ4n) is 2.58. The van der Waals surface area contributed by atoms with Gasteiger partial charge in [-0.25, -0.2) is 9.37 Å². The van der Waals surface area contributed by atoms with E-state index in [-0.39, 0.29) is 12.5 Å². The van der Waals surface area contributed by atoms with Gasteiger partial charge in [-0.05, 0) is 49.4 Å². The maximum atomic E-state index is 13.4. The Morgan fingerprint density at radius 2 is 1.89 bits per heavy atom. The molecule has 0 bridgehead atoms. The van der Waals surface area contributed by atoms with Crippen LogP contribution < -0.4 is 20.9 Å². The Bertz CT molecular complexity index is 1050. The van der Waals surface area contributed by atoms with Gasteiger partial charge in [0.05, 0.1) is 7.11 Å². The number of ether oxygens (including phenoxy) is 1. The molecule has 1 heterocycles. The number of aryl methyl sites for hydroxylation is 1. The van der Waals surface area contributed by atoms with Crippen LogP contribution in [0.1, 0.15) is 5.69 Å². The summed E-state index contributed by atoms with van der Waals surface area (Å²) in [5.41, 5.74) is 1.08. The van der Waals surface area contributed by atoms with Crippen molar-refractivity contribution >= 4 is 23.2 Å². The number of carbonyl (C=O) groups excluding carboxylic acids is 1. The summed E-state index contributed by atoms with van der Waals surface area (Å²) in [7, 11) is 1.55. The van der Waals surface area contributed by atoms with E-state index in [1.165, 1.54) is 28.8 Å². The fourth-order valence-corrected chi connectivity index (χ4v) is 2.58. The first-order chi connectivity index (χ1) is 13.4. The van der Waals surface area contributed by atoms with E-state index in [4.69, 9.17) is 4.74 Å². The zero-order valence-electron chi connectivity index (χ0n) is 15.4. The molecule has 7 nitrogen and oxygen atoms in total. The molecule has 3 aromatic rings. The van der Waals surface area contributed by atoms with Gasteiger partial charge in [-0.3, -0.25) is 14.2 Å². The van der Waals surface area contributed by atoms with Gasteiger partial charge >= 0.3 is 0 Å². The maximum Gasteiger partial charge on any atom is 0.255 e. The van der Waals surface area contributed by atoms with Crippen LogP contribution in [0.15, 0.2) is 59.4 Å². The van der Waals surface area contributed by atoms with E-state index in [1.54, 1.807) is 44.4 Å². The second-order valence-corrected chi connectivity index (χ2v) is 6.06. The van der Waals surface area contributed by atoms with Gasteiger partial charge in [0.25, 0.3) is 5.56 Å². The average Bonchev–Trinajstić information content (AvgIpc) is 2.65. The molecule has 2 N–H and O–H groups in total. The molecular formula is C20H19FN4O3. The summed E-state index contributed by atoms with van der Waals surface area (Å²) in [6.45, 7) is 1.41. The van der Waals surface area contributed by atoms with Crippen molar-refractivity contribution in [3.05, 3.63) is 76.5 Å². The standard InChI is InChI=1S/C20H19FN4O3/c1-13-10-19(27)25(20(22-13)24-16-5-3-4-14(21)11-16)12-18(26)23-15-6-8-17(28-2)9-7-15/h3-11H,12H2,1-2H3,(H,22,24)(H,23,26). The molecule has 8 heteroatoms. The number of amides is 1. The zero-order chi connectivity index (χ0) is 20.1. The largest absolute Gasteiger partial charge is 0.497 e. The second kappa shape index (κ2) is 8.34. The van der Waals surface area contributed by atoms with Crippen molar-refractivity contribution in [3.8, 4) is 5.75 Å². The van der Waals surface area contributed by atoms with Gasteiger partial charge in [-0.1, -0.05) is 6.07 Å². The molecule has 0 fully saturated rings. The molecule has 0 aliphatic rings. The van der Waals surface area contributed by atoms with Crippen molar-refractivity contribution in [1.82, 2.24) is 9.55 Å². The van der Waals surface area contributed by atoms with E-state index in [9.17, 15) is 14.0 Å². The Morgan fingerprint density at radius 3 is 2.57 bits per heavy atom. The summed E-state index contributed by atoms with van der Waals surface area (Å²) in [5, 5.41) is 5.61. The van der Waals surface area contributed by atoms with Gasteiger partial charge in [0.15, 0.2) is 0 Å². The third-order valence-corrected chi connectivity index (χ3v) is 3.89. The number of benzene rings is 2. The first-order valence-corrected chi connectivity index (χ1v) is 8.49. The number of halogens is 1. The molecule has 0 aliphatic heterocycles.